The highest BCUT2D eigenvalue weighted by Gasteiger charge is 2.12. The van der Waals surface area contributed by atoms with Crippen molar-refractivity contribution in [3.8, 4) is 5.75 Å². The highest BCUT2D eigenvalue weighted by molar-refractivity contribution is 5.95. The van der Waals surface area contributed by atoms with Gasteiger partial charge in [-0.3, -0.25) is 4.79 Å². The number of rotatable bonds is 4. The van der Waals surface area contributed by atoms with Gasteiger partial charge in [0.05, 0.1) is 18.8 Å². The summed E-state index contributed by atoms with van der Waals surface area (Å²) in [5, 5.41) is 2.95. The lowest BCUT2D eigenvalue weighted by Crippen LogP contribution is -2.26. The van der Waals surface area contributed by atoms with Gasteiger partial charge < -0.3 is 15.8 Å². The molecule has 104 valence electrons. The largest absolute Gasteiger partial charge is 0.495 e. The molecule has 0 fully saturated rings. The number of hydrogen-bond acceptors (Lipinski definition) is 3. The number of nitrogen functional groups attached to an aromatic ring is 1. The molecule has 0 bridgehead atoms. The van der Waals surface area contributed by atoms with Crippen LogP contribution >= 0.6 is 0 Å². The fraction of sp³-hybridized carbons (Fsp3) is 0.188. The predicted octanol–water partition coefficient (Wildman–Crippen LogP) is 2.77. The van der Waals surface area contributed by atoms with Crippen molar-refractivity contribution in [3.05, 3.63) is 59.7 Å². The van der Waals surface area contributed by atoms with Crippen LogP contribution in [0.4, 0.5) is 5.69 Å². The second kappa shape index (κ2) is 6.10. The van der Waals surface area contributed by atoms with E-state index in [1.54, 1.807) is 18.2 Å². The zero-order valence-electron chi connectivity index (χ0n) is 11.6. The van der Waals surface area contributed by atoms with E-state index in [4.69, 9.17) is 10.5 Å². The summed E-state index contributed by atoms with van der Waals surface area (Å²) >= 11 is 0. The molecule has 0 heterocycles. The van der Waals surface area contributed by atoms with E-state index in [1.807, 2.05) is 37.3 Å². The molecule has 2 aromatic carbocycles. The van der Waals surface area contributed by atoms with Crippen LogP contribution in [-0.2, 0) is 0 Å². The van der Waals surface area contributed by atoms with Crippen LogP contribution in [0.25, 0.3) is 0 Å². The lowest BCUT2D eigenvalue weighted by Gasteiger charge is -2.15. The first-order valence-corrected chi connectivity index (χ1v) is 6.41. The molecule has 2 rings (SSSR count). The number of carbonyl (C=O) groups excluding carboxylic acids is 1. The molecule has 0 aliphatic rings. The van der Waals surface area contributed by atoms with Gasteiger partial charge in [0.15, 0.2) is 0 Å². The molecule has 0 aliphatic carbocycles. The van der Waals surface area contributed by atoms with Gasteiger partial charge in [-0.25, -0.2) is 0 Å². The number of methoxy groups -OCH3 is 1. The molecule has 0 spiro atoms. The van der Waals surface area contributed by atoms with E-state index >= 15 is 0 Å². The third kappa shape index (κ3) is 3.09. The fourth-order valence-corrected chi connectivity index (χ4v) is 1.96. The van der Waals surface area contributed by atoms with Crippen LogP contribution in [-0.4, -0.2) is 13.0 Å². The molecule has 0 aromatic heterocycles. The Hall–Kier alpha value is -2.49. The molecule has 2 aromatic rings. The molecule has 20 heavy (non-hydrogen) atoms. The van der Waals surface area contributed by atoms with Gasteiger partial charge in [0.2, 0.25) is 0 Å². The number of benzene rings is 2. The average Bonchev–Trinajstić information content (AvgIpc) is 2.48. The Bertz CT molecular complexity index is 597. The van der Waals surface area contributed by atoms with Gasteiger partial charge in [0, 0.05) is 5.56 Å². The van der Waals surface area contributed by atoms with E-state index in [1.165, 1.54) is 7.11 Å². The molecule has 0 saturated heterocycles. The Balaban J connectivity index is 2.12. The predicted molar refractivity (Wildman–Crippen MR) is 79.7 cm³/mol. The summed E-state index contributed by atoms with van der Waals surface area (Å²) in [5.74, 6) is 0.352. The molecule has 0 radical (unpaired) electrons. The second-order valence-electron chi connectivity index (χ2n) is 4.56. The first kappa shape index (κ1) is 13.9. The molecule has 1 amide bonds. The smallest absolute Gasteiger partial charge is 0.251 e. The van der Waals surface area contributed by atoms with Crippen LogP contribution < -0.4 is 15.8 Å². The SMILES string of the molecule is COc1cc(C(=O)NC(C)c2ccccc2)ccc1N. The first-order chi connectivity index (χ1) is 9.61. The van der Waals surface area contributed by atoms with Gasteiger partial charge in [-0.2, -0.15) is 0 Å². The zero-order valence-corrected chi connectivity index (χ0v) is 11.6. The maximum Gasteiger partial charge on any atom is 0.251 e. The number of nitrogens with two attached hydrogens (primary N) is 1. The van der Waals surface area contributed by atoms with Crippen LogP contribution in [0.3, 0.4) is 0 Å². The van der Waals surface area contributed by atoms with Crippen molar-refractivity contribution >= 4 is 11.6 Å². The van der Waals surface area contributed by atoms with E-state index in [0.717, 1.165) is 5.56 Å². The summed E-state index contributed by atoms with van der Waals surface area (Å²) in [5.41, 5.74) is 7.84. The summed E-state index contributed by atoms with van der Waals surface area (Å²) < 4.78 is 5.12. The number of anilines is 1. The van der Waals surface area contributed by atoms with Crippen molar-refractivity contribution < 1.29 is 9.53 Å². The summed E-state index contributed by atoms with van der Waals surface area (Å²) in [7, 11) is 1.53. The minimum absolute atomic E-state index is 0.0627. The molecule has 4 heteroatoms. The minimum Gasteiger partial charge on any atom is -0.495 e. The Morgan fingerprint density at radius 2 is 1.90 bits per heavy atom. The molecule has 0 aliphatic heterocycles. The molecular weight excluding hydrogens is 252 g/mol. The third-order valence-corrected chi connectivity index (χ3v) is 3.14. The van der Waals surface area contributed by atoms with Crippen molar-refractivity contribution in [1.29, 1.82) is 0 Å². The van der Waals surface area contributed by atoms with Crippen LogP contribution in [0.15, 0.2) is 48.5 Å². The molecule has 0 saturated carbocycles. The zero-order chi connectivity index (χ0) is 14.5. The molecule has 1 atom stereocenters. The molecule has 3 N–H and O–H groups in total. The number of nitrogens with one attached hydrogen (secondary N) is 1. The number of ether oxygens (including phenoxy) is 1. The molecule has 4 nitrogen and oxygen atoms in total. The number of amides is 1. The monoisotopic (exact) mass is 270 g/mol. The summed E-state index contributed by atoms with van der Waals surface area (Å²) in [4.78, 5) is 12.2. The Morgan fingerprint density at radius 1 is 1.20 bits per heavy atom. The van der Waals surface area contributed by atoms with Crippen LogP contribution in [0.1, 0.15) is 28.9 Å². The lowest BCUT2D eigenvalue weighted by molar-refractivity contribution is 0.0939. The van der Waals surface area contributed by atoms with Crippen molar-refractivity contribution in [3.63, 3.8) is 0 Å². The quantitative estimate of drug-likeness (QED) is 0.840. The topological polar surface area (TPSA) is 64.3 Å². The van der Waals surface area contributed by atoms with Gasteiger partial charge in [0.1, 0.15) is 5.75 Å². The van der Waals surface area contributed by atoms with Crippen LogP contribution in [0.2, 0.25) is 0 Å². The first-order valence-electron chi connectivity index (χ1n) is 6.41. The second-order valence-corrected chi connectivity index (χ2v) is 4.56. The normalized spacial score (nSPS) is 11.7. The van der Waals surface area contributed by atoms with E-state index < -0.39 is 0 Å². The Kier molecular flexibility index (Phi) is 4.25. The van der Waals surface area contributed by atoms with Crippen molar-refractivity contribution in [1.82, 2.24) is 5.32 Å². The minimum atomic E-state index is -0.153. The summed E-state index contributed by atoms with van der Waals surface area (Å²) in [6.45, 7) is 1.95. The van der Waals surface area contributed by atoms with Gasteiger partial charge in [-0.15, -0.1) is 0 Å². The lowest BCUT2D eigenvalue weighted by atomic mass is 10.1. The molecular formula is C16H18N2O2. The van der Waals surface area contributed by atoms with Crippen molar-refractivity contribution in [2.45, 2.75) is 13.0 Å². The standard InChI is InChI=1S/C16H18N2O2/c1-11(12-6-4-3-5-7-12)18-16(19)13-8-9-14(17)15(10-13)20-2/h3-11H,17H2,1-2H3,(H,18,19). The fourth-order valence-electron chi connectivity index (χ4n) is 1.96. The average molecular weight is 270 g/mol. The summed E-state index contributed by atoms with van der Waals surface area (Å²) in [6.07, 6.45) is 0. The highest BCUT2D eigenvalue weighted by Crippen LogP contribution is 2.22. The highest BCUT2D eigenvalue weighted by atomic mass is 16.5. The van der Waals surface area contributed by atoms with E-state index in [0.29, 0.717) is 17.0 Å². The van der Waals surface area contributed by atoms with E-state index in [9.17, 15) is 4.79 Å². The maximum atomic E-state index is 12.2. The van der Waals surface area contributed by atoms with Gasteiger partial charge in [-0.05, 0) is 30.7 Å². The number of carbonyl (C=O) groups is 1. The van der Waals surface area contributed by atoms with Crippen LogP contribution in [0, 0.1) is 0 Å². The summed E-state index contributed by atoms with van der Waals surface area (Å²) in [6, 6.07) is 14.7. The van der Waals surface area contributed by atoms with Gasteiger partial charge >= 0.3 is 0 Å². The molecule has 1 unspecified atom stereocenters. The van der Waals surface area contributed by atoms with Crippen molar-refractivity contribution in [2.75, 3.05) is 12.8 Å². The van der Waals surface area contributed by atoms with Gasteiger partial charge in [0.25, 0.3) is 5.91 Å². The Labute approximate surface area is 118 Å². The van der Waals surface area contributed by atoms with Crippen molar-refractivity contribution in [2.24, 2.45) is 0 Å². The van der Waals surface area contributed by atoms with Crippen LogP contribution in [0.5, 0.6) is 5.75 Å². The number of hydrogen-bond donors (Lipinski definition) is 2. The van der Waals surface area contributed by atoms with Gasteiger partial charge in [-0.1, -0.05) is 30.3 Å². The maximum absolute atomic E-state index is 12.2. The van der Waals surface area contributed by atoms with E-state index in [-0.39, 0.29) is 11.9 Å². The Morgan fingerprint density at radius 3 is 2.55 bits per heavy atom. The van der Waals surface area contributed by atoms with E-state index in [2.05, 4.69) is 5.32 Å². The third-order valence-electron chi connectivity index (χ3n) is 3.14.